The van der Waals surface area contributed by atoms with Gasteiger partial charge in [-0.25, -0.2) is 9.78 Å². The van der Waals surface area contributed by atoms with Crippen molar-refractivity contribution < 1.29 is 14.3 Å². The van der Waals surface area contributed by atoms with E-state index in [9.17, 15) is 9.59 Å². The highest BCUT2D eigenvalue weighted by atomic mass is 16.6. The number of anilines is 1. The van der Waals surface area contributed by atoms with Crippen molar-refractivity contribution in [2.45, 2.75) is 25.8 Å². The number of aromatic nitrogens is 1. The Morgan fingerprint density at radius 2 is 2.19 bits per heavy atom. The first-order valence-electron chi connectivity index (χ1n) is 7.05. The molecule has 1 saturated heterocycles. The first-order chi connectivity index (χ1) is 10.1. The maximum Gasteiger partial charge on any atom is 0.409 e. The van der Waals surface area contributed by atoms with E-state index in [-0.39, 0.29) is 23.7 Å². The fourth-order valence-electron chi connectivity index (χ4n) is 2.28. The number of nitrogens with two attached hydrogens (primary N) is 1. The molecule has 2 amide bonds. The minimum Gasteiger partial charge on any atom is -0.450 e. The van der Waals surface area contributed by atoms with Crippen molar-refractivity contribution in [1.82, 2.24) is 15.2 Å². The molecule has 1 aromatic heterocycles. The van der Waals surface area contributed by atoms with Crippen molar-refractivity contribution in [2.75, 3.05) is 25.4 Å². The highest BCUT2D eigenvalue weighted by Crippen LogP contribution is 2.13. The lowest BCUT2D eigenvalue weighted by atomic mass is 10.1. The summed E-state index contributed by atoms with van der Waals surface area (Å²) in [6.45, 7) is 3.29. The molecule has 0 saturated carbocycles. The van der Waals surface area contributed by atoms with Crippen LogP contribution in [0.1, 0.15) is 30.3 Å². The number of piperidine rings is 1. The third-order valence-electron chi connectivity index (χ3n) is 3.41. The van der Waals surface area contributed by atoms with Crippen molar-refractivity contribution in [3.8, 4) is 0 Å². The molecule has 0 radical (unpaired) electrons. The molecule has 114 valence electrons. The summed E-state index contributed by atoms with van der Waals surface area (Å²) in [7, 11) is 0. The van der Waals surface area contributed by atoms with E-state index >= 15 is 0 Å². The van der Waals surface area contributed by atoms with Gasteiger partial charge in [0.05, 0.1) is 12.3 Å². The molecule has 7 nitrogen and oxygen atoms in total. The summed E-state index contributed by atoms with van der Waals surface area (Å²) < 4.78 is 4.96. The molecule has 0 atom stereocenters. The van der Waals surface area contributed by atoms with Gasteiger partial charge in [-0.3, -0.25) is 4.79 Å². The summed E-state index contributed by atoms with van der Waals surface area (Å²) in [5.41, 5.74) is 6.33. The van der Waals surface area contributed by atoms with Crippen LogP contribution in [0.4, 0.5) is 10.5 Å². The maximum atomic E-state index is 12.1. The fraction of sp³-hybridized carbons (Fsp3) is 0.500. The topological polar surface area (TPSA) is 97.5 Å². The van der Waals surface area contributed by atoms with Crippen LogP contribution < -0.4 is 11.1 Å². The lowest BCUT2D eigenvalue weighted by molar-refractivity contribution is 0.0857. The number of carbonyl (C=O) groups excluding carboxylic acids is 2. The summed E-state index contributed by atoms with van der Waals surface area (Å²) in [6, 6.07) is 3.35. The minimum atomic E-state index is -0.295. The van der Waals surface area contributed by atoms with Crippen molar-refractivity contribution in [2.24, 2.45) is 0 Å². The predicted molar refractivity (Wildman–Crippen MR) is 77.7 cm³/mol. The van der Waals surface area contributed by atoms with E-state index in [1.807, 2.05) is 0 Å². The molecule has 3 N–H and O–H groups in total. The van der Waals surface area contributed by atoms with E-state index in [1.165, 1.54) is 6.20 Å². The van der Waals surface area contributed by atoms with Crippen LogP contribution in [0.3, 0.4) is 0 Å². The summed E-state index contributed by atoms with van der Waals surface area (Å²) in [4.78, 5) is 29.3. The van der Waals surface area contributed by atoms with Gasteiger partial charge in [-0.1, -0.05) is 0 Å². The highest BCUT2D eigenvalue weighted by Gasteiger charge is 2.25. The highest BCUT2D eigenvalue weighted by molar-refractivity contribution is 5.97. The monoisotopic (exact) mass is 292 g/mol. The zero-order chi connectivity index (χ0) is 15.2. The molecule has 0 unspecified atom stereocenters. The molecule has 2 rings (SSSR count). The van der Waals surface area contributed by atoms with Gasteiger partial charge in [0.2, 0.25) is 0 Å². The van der Waals surface area contributed by atoms with E-state index < -0.39 is 0 Å². The van der Waals surface area contributed by atoms with Crippen LogP contribution in [0.5, 0.6) is 0 Å². The molecule has 1 fully saturated rings. The Balaban J connectivity index is 1.85. The van der Waals surface area contributed by atoms with Gasteiger partial charge in [-0.15, -0.1) is 0 Å². The Morgan fingerprint density at radius 3 is 2.81 bits per heavy atom. The number of likely N-dealkylation sites (tertiary alicyclic amines) is 1. The first-order valence-corrected chi connectivity index (χ1v) is 7.05. The summed E-state index contributed by atoms with van der Waals surface area (Å²) in [6.07, 6.45) is 2.62. The zero-order valence-electron chi connectivity index (χ0n) is 12.0. The molecule has 0 bridgehead atoms. The molecule has 21 heavy (non-hydrogen) atoms. The van der Waals surface area contributed by atoms with E-state index in [4.69, 9.17) is 10.5 Å². The number of hydrogen-bond acceptors (Lipinski definition) is 5. The molecule has 1 aliphatic heterocycles. The van der Waals surface area contributed by atoms with Gasteiger partial charge in [0, 0.05) is 25.3 Å². The van der Waals surface area contributed by atoms with Crippen molar-refractivity contribution in [3.63, 3.8) is 0 Å². The average molecular weight is 292 g/mol. The summed E-state index contributed by atoms with van der Waals surface area (Å²) in [5, 5.41) is 2.91. The number of hydrogen-bond donors (Lipinski definition) is 2. The zero-order valence-corrected chi connectivity index (χ0v) is 12.0. The largest absolute Gasteiger partial charge is 0.450 e. The molecular formula is C14H20N4O3. The first kappa shape index (κ1) is 15.1. The molecular weight excluding hydrogens is 272 g/mol. The van der Waals surface area contributed by atoms with Crippen LogP contribution in [0.25, 0.3) is 0 Å². The number of carbonyl (C=O) groups is 2. The van der Waals surface area contributed by atoms with Gasteiger partial charge in [0.15, 0.2) is 5.69 Å². The van der Waals surface area contributed by atoms with Gasteiger partial charge in [0.25, 0.3) is 5.91 Å². The third-order valence-corrected chi connectivity index (χ3v) is 3.41. The van der Waals surface area contributed by atoms with Gasteiger partial charge < -0.3 is 20.7 Å². The lowest BCUT2D eigenvalue weighted by Crippen LogP contribution is -2.46. The normalized spacial score (nSPS) is 15.6. The third kappa shape index (κ3) is 3.84. The maximum absolute atomic E-state index is 12.1. The van der Waals surface area contributed by atoms with E-state index in [1.54, 1.807) is 24.0 Å². The molecule has 1 aromatic rings. The number of rotatable bonds is 3. The quantitative estimate of drug-likeness (QED) is 0.866. The second kappa shape index (κ2) is 6.92. The fourth-order valence-corrected chi connectivity index (χ4v) is 2.28. The number of nitrogens with zero attached hydrogens (tertiary/aromatic N) is 2. The number of ether oxygens (including phenoxy) is 1. The Labute approximate surface area is 123 Å². The standard InChI is InChI=1S/C14H20N4O3/c1-2-21-14(20)18-8-5-10(6-9-18)17-13(19)12-11(15)4-3-7-16-12/h3-4,7,10H,2,5-6,8-9,15H2,1H3,(H,17,19). The number of nitrogens with one attached hydrogen (secondary N) is 1. The average Bonchev–Trinajstić information content (AvgIpc) is 2.48. The Hall–Kier alpha value is -2.31. The van der Waals surface area contributed by atoms with E-state index in [0.29, 0.717) is 38.2 Å². The van der Waals surface area contributed by atoms with E-state index in [0.717, 1.165) is 0 Å². The second-order valence-corrected chi connectivity index (χ2v) is 4.87. The van der Waals surface area contributed by atoms with Crippen molar-refractivity contribution >= 4 is 17.7 Å². The molecule has 0 aliphatic carbocycles. The summed E-state index contributed by atoms with van der Waals surface area (Å²) >= 11 is 0. The Bertz CT molecular complexity index is 513. The van der Waals surface area contributed by atoms with Crippen molar-refractivity contribution in [1.29, 1.82) is 0 Å². The van der Waals surface area contributed by atoms with Crippen LogP contribution in [-0.4, -0.2) is 47.6 Å². The lowest BCUT2D eigenvalue weighted by Gasteiger charge is -2.31. The van der Waals surface area contributed by atoms with Gasteiger partial charge >= 0.3 is 6.09 Å². The minimum absolute atomic E-state index is 0.0181. The van der Waals surface area contributed by atoms with Crippen LogP contribution >= 0.6 is 0 Å². The van der Waals surface area contributed by atoms with Gasteiger partial charge in [-0.05, 0) is 31.9 Å². The van der Waals surface area contributed by atoms with Crippen LogP contribution in [0.2, 0.25) is 0 Å². The molecule has 7 heteroatoms. The molecule has 2 heterocycles. The van der Waals surface area contributed by atoms with E-state index in [2.05, 4.69) is 10.3 Å². The van der Waals surface area contributed by atoms with Crippen LogP contribution in [0, 0.1) is 0 Å². The summed E-state index contributed by atoms with van der Waals surface area (Å²) in [5.74, 6) is -0.275. The van der Waals surface area contributed by atoms with Crippen molar-refractivity contribution in [3.05, 3.63) is 24.0 Å². The molecule has 0 aromatic carbocycles. The predicted octanol–water partition coefficient (Wildman–Crippen LogP) is 1.01. The molecule has 1 aliphatic rings. The SMILES string of the molecule is CCOC(=O)N1CCC(NC(=O)c2ncccc2N)CC1. The second-order valence-electron chi connectivity index (χ2n) is 4.87. The van der Waals surface area contributed by atoms with Crippen LogP contribution in [-0.2, 0) is 4.74 Å². The number of amides is 2. The van der Waals surface area contributed by atoms with Gasteiger partial charge in [-0.2, -0.15) is 0 Å². The van der Waals surface area contributed by atoms with Crippen LogP contribution in [0.15, 0.2) is 18.3 Å². The molecule has 0 spiro atoms. The number of pyridine rings is 1. The van der Waals surface area contributed by atoms with Gasteiger partial charge in [0.1, 0.15) is 0 Å². The smallest absolute Gasteiger partial charge is 0.409 e. The Morgan fingerprint density at radius 1 is 1.48 bits per heavy atom. The Kier molecular flexibility index (Phi) is 4.97. The number of nitrogen functional groups attached to an aromatic ring is 1.